The molecule has 0 aromatic rings. The van der Waals surface area contributed by atoms with Crippen molar-refractivity contribution < 1.29 is 9.53 Å². The summed E-state index contributed by atoms with van der Waals surface area (Å²) >= 11 is 0. The maximum Gasteiger partial charge on any atom is 0.305 e. The normalized spacial score (nSPS) is 16.0. The molecule has 2 atom stereocenters. The van der Waals surface area contributed by atoms with Crippen LogP contribution in [0.3, 0.4) is 0 Å². The SMILES string of the molecule is COC(=O)CC(C)C(C)N. The van der Waals surface area contributed by atoms with Gasteiger partial charge in [0.05, 0.1) is 7.11 Å². The molecule has 2 N–H and O–H groups in total. The summed E-state index contributed by atoms with van der Waals surface area (Å²) in [6, 6.07) is 0.0547. The van der Waals surface area contributed by atoms with E-state index >= 15 is 0 Å². The molecule has 2 unspecified atom stereocenters. The van der Waals surface area contributed by atoms with Crippen LogP contribution >= 0.6 is 0 Å². The predicted molar refractivity (Wildman–Crippen MR) is 39.4 cm³/mol. The Balaban J connectivity index is 3.57. The Bertz CT molecular complexity index is 112. The molecule has 0 aromatic carbocycles. The second-order valence-corrected chi connectivity index (χ2v) is 2.62. The Morgan fingerprint density at radius 2 is 2.10 bits per heavy atom. The van der Waals surface area contributed by atoms with E-state index in [0.29, 0.717) is 6.42 Å². The first-order valence-corrected chi connectivity index (χ1v) is 3.40. The molecule has 0 saturated carbocycles. The highest BCUT2D eigenvalue weighted by atomic mass is 16.5. The van der Waals surface area contributed by atoms with E-state index in [1.54, 1.807) is 0 Å². The molecule has 60 valence electrons. The molecule has 0 aromatic heterocycles. The highest BCUT2D eigenvalue weighted by Crippen LogP contribution is 2.05. The Hall–Kier alpha value is -0.570. The smallest absolute Gasteiger partial charge is 0.305 e. The Labute approximate surface area is 61.5 Å². The molecular weight excluding hydrogens is 130 g/mol. The largest absolute Gasteiger partial charge is 0.469 e. The summed E-state index contributed by atoms with van der Waals surface area (Å²) in [5.74, 6) is 0.0113. The highest BCUT2D eigenvalue weighted by Gasteiger charge is 2.12. The minimum absolute atomic E-state index is 0.0547. The zero-order chi connectivity index (χ0) is 8.15. The standard InChI is InChI=1S/C7H15NO2/c1-5(6(2)8)4-7(9)10-3/h5-6H,4,8H2,1-3H3. The molecule has 0 aliphatic carbocycles. The quantitative estimate of drug-likeness (QED) is 0.589. The second-order valence-electron chi connectivity index (χ2n) is 2.62. The molecule has 0 amide bonds. The lowest BCUT2D eigenvalue weighted by molar-refractivity contribution is -0.141. The van der Waals surface area contributed by atoms with Gasteiger partial charge in [-0.25, -0.2) is 0 Å². The zero-order valence-corrected chi connectivity index (χ0v) is 6.76. The van der Waals surface area contributed by atoms with Crippen molar-refractivity contribution >= 4 is 5.97 Å². The summed E-state index contributed by atoms with van der Waals surface area (Å²) in [4.78, 5) is 10.6. The first kappa shape index (κ1) is 9.43. The van der Waals surface area contributed by atoms with Crippen molar-refractivity contribution in [3.05, 3.63) is 0 Å². The van der Waals surface area contributed by atoms with E-state index in [2.05, 4.69) is 4.74 Å². The van der Waals surface area contributed by atoms with Crippen molar-refractivity contribution in [2.45, 2.75) is 26.3 Å². The monoisotopic (exact) mass is 145 g/mol. The third kappa shape index (κ3) is 3.45. The summed E-state index contributed by atoms with van der Waals surface area (Å²) in [5.41, 5.74) is 5.53. The summed E-state index contributed by atoms with van der Waals surface area (Å²) < 4.78 is 4.48. The number of carbonyl (C=O) groups is 1. The summed E-state index contributed by atoms with van der Waals surface area (Å²) in [7, 11) is 1.39. The van der Waals surface area contributed by atoms with Gasteiger partial charge in [-0.2, -0.15) is 0 Å². The van der Waals surface area contributed by atoms with E-state index in [1.165, 1.54) is 7.11 Å². The van der Waals surface area contributed by atoms with E-state index in [0.717, 1.165) is 0 Å². The lowest BCUT2D eigenvalue weighted by Gasteiger charge is -2.12. The lowest BCUT2D eigenvalue weighted by atomic mass is 10.0. The van der Waals surface area contributed by atoms with Crippen molar-refractivity contribution in [2.24, 2.45) is 11.7 Å². The molecule has 0 heterocycles. The van der Waals surface area contributed by atoms with Gasteiger partial charge in [0.15, 0.2) is 0 Å². The first-order chi connectivity index (χ1) is 4.57. The Morgan fingerprint density at radius 3 is 2.40 bits per heavy atom. The summed E-state index contributed by atoms with van der Waals surface area (Å²) in [5, 5.41) is 0. The highest BCUT2D eigenvalue weighted by molar-refractivity contribution is 5.69. The van der Waals surface area contributed by atoms with Gasteiger partial charge in [-0.1, -0.05) is 6.92 Å². The zero-order valence-electron chi connectivity index (χ0n) is 6.76. The molecule has 0 saturated heterocycles. The van der Waals surface area contributed by atoms with Gasteiger partial charge in [0, 0.05) is 12.5 Å². The number of carbonyl (C=O) groups excluding carboxylic acids is 1. The van der Waals surface area contributed by atoms with Crippen LogP contribution in [0.1, 0.15) is 20.3 Å². The third-order valence-corrected chi connectivity index (χ3v) is 1.61. The molecule has 3 heteroatoms. The summed E-state index contributed by atoms with van der Waals surface area (Å²) in [6.45, 7) is 3.81. The Morgan fingerprint density at radius 1 is 1.60 bits per heavy atom. The van der Waals surface area contributed by atoms with Gasteiger partial charge in [-0.3, -0.25) is 4.79 Å². The number of nitrogens with two attached hydrogens (primary N) is 1. The van der Waals surface area contributed by atoms with Crippen molar-refractivity contribution in [3.63, 3.8) is 0 Å². The van der Waals surface area contributed by atoms with Crippen LogP contribution in [0.2, 0.25) is 0 Å². The number of methoxy groups -OCH3 is 1. The maximum atomic E-state index is 10.6. The van der Waals surface area contributed by atoms with Crippen LogP contribution in [-0.4, -0.2) is 19.1 Å². The lowest BCUT2D eigenvalue weighted by Crippen LogP contribution is -2.26. The molecule has 0 radical (unpaired) electrons. The van der Waals surface area contributed by atoms with Crippen LogP contribution in [0.5, 0.6) is 0 Å². The minimum Gasteiger partial charge on any atom is -0.469 e. The average Bonchev–Trinajstić information content (AvgIpc) is 1.87. The second kappa shape index (κ2) is 4.28. The molecule has 0 spiro atoms. The minimum atomic E-state index is -0.190. The summed E-state index contributed by atoms with van der Waals surface area (Å²) in [6.07, 6.45) is 0.411. The van der Waals surface area contributed by atoms with Crippen molar-refractivity contribution in [1.29, 1.82) is 0 Å². The molecule has 0 rings (SSSR count). The predicted octanol–water partition coefficient (Wildman–Crippen LogP) is 0.533. The molecule has 3 nitrogen and oxygen atoms in total. The van der Waals surface area contributed by atoms with Crippen LogP contribution in [0, 0.1) is 5.92 Å². The molecule has 10 heavy (non-hydrogen) atoms. The topological polar surface area (TPSA) is 52.3 Å². The van der Waals surface area contributed by atoms with Crippen LogP contribution in [-0.2, 0) is 9.53 Å². The maximum absolute atomic E-state index is 10.6. The van der Waals surface area contributed by atoms with Gasteiger partial charge < -0.3 is 10.5 Å². The van der Waals surface area contributed by atoms with Gasteiger partial charge in [-0.15, -0.1) is 0 Å². The molecule has 0 aliphatic heterocycles. The van der Waals surface area contributed by atoms with Gasteiger partial charge in [0.1, 0.15) is 0 Å². The molecular formula is C7H15NO2. The van der Waals surface area contributed by atoms with E-state index in [4.69, 9.17) is 5.73 Å². The fraction of sp³-hybridized carbons (Fsp3) is 0.857. The van der Waals surface area contributed by atoms with E-state index in [9.17, 15) is 4.79 Å². The van der Waals surface area contributed by atoms with Gasteiger partial charge in [0.2, 0.25) is 0 Å². The van der Waals surface area contributed by atoms with Crippen LogP contribution in [0.4, 0.5) is 0 Å². The van der Waals surface area contributed by atoms with Gasteiger partial charge in [-0.05, 0) is 12.8 Å². The van der Waals surface area contributed by atoms with Crippen molar-refractivity contribution in [3.8, 4) is 0 Å². The fourth-order valence-corrected chi connectivity index (χ4v) is 0.532. The molecule has 0 aliphatic rings. The third-order valence-electron chi connectivity index (χ3n) is 1.61. The van der Waals surface area contributed by atoms with Gasteiger partial charge in [0.25, 0.3) is 0 Å². The number of esters is 1. The van der Waals surface area contributed by atoms with E-state index < -0.39 is 0 Å². The van der Waals surface area contributed by atoms with Crippen LogP contribution < -0.4 is 5.73 Å². The van der Waals surface area contributed by atoms with Crippen molar-refractivity contribution in [1.82, 2.24) is 0 Å². The average molecular weight is 145 g/mol. The fourth-order valence-electron chi connectivity index (χ4n) is 0.532. The molecule has 0 fully saturated rings. The number of hydrogen-bond donors (Lipinski definition) is 1. The number of rotatable bonds is 3. The van der Waals surface area contributed by atoms with Crippen LogP contribution in [0.25, 0.3) is 0 Å². The molecule has 0 bridgehead atoms. The van der Waals surface area contributed by atoms with Crippen LogP contribution in [0.15, 0.2) is 0 Å². The number of ether oxygens (including phenoxy) is 1. The van der Waals surface area contributed by atoms with Crippen molar-refractivity contribution in [2.75, 3.05) is 7.11 Å². The van der Waals surface area contributed by atoms with E-state index in [1.807, 2.05) is 13.8 Å². The number of hydrogen-bond acceptors (Lipinski definition) is 3. The first-order valence-electron chi connectivity index (χ1n) is 3.40. The Kier molecular flexibility index (Phi) is 4.03. The van der Waals surface area contributed by atoms with E-state index in [-0.39, 0.29) is 17.9 Å². The van der Waals surface area contributed by atoms with Gasteiger partial charge >= 0.3 is 5.97 Å².